The molecule has 0 saturated carbocycles. The summed E-state index contributed by atoms with van der Waals surface area (Å²) < 4.78 is 56.1. The molecule has 3 amide bonds. The lowest BCUT2D eigenvalue weighted by atomic mass is 10.0. The number of ether oxygens (including phenoxy) is 3. The van der Waals surface area contributed by atoms with E-state index >= 15 is 0 Å². The molecule has 5 rings (SSSR count). The zero-order valence-corrected chi connectivity index (χ0v) is 25.8. The number of nitrogens with one attached hydrogen (secondary N) is 2. The monoisotopic (exact) mass is 642 g/mol. The molecule has 13 heteroatoms. The Labute approximate surface area is 265 Å². The van der Waals surface area contributed by atoms with Crippen LogP contribution in [0.3, 0.4) is 0 Å². The minimum Gasteiger partial charge on any atom is -0.488 e. The predicted molar refractivity (Wildman–Crippen MR) is 165 cm³/mol. The average molecular weight is 643 g/mol. The summed E-state index contributed by atoms with van der Waals surface area (Å²) in [7, 11) is 1.98. The van der Waals surface area contributed by atoms with Gasteiger partial charge in [-0.3, -0.25) is 9.69 Å². The number of nitrogens with zero attached hydrogens (tertiary/aromatic N) is 2. The number of hydrogen-bond donors (Lipinski definition) is 3. The third kappa shape index (κ3) is 8.01. The summed E-state index contributed by atoms with van der Waals surface area (Å²) in [5, 5.41) is 15.1. The van der Waals surface area contributed by atoms with Crippen molar-refractivity contribution in [2.24, 2.45) is 5.92 Å². The van der Waals surface area contributed by atoms with E-state index in [-0.39, 0.29) is 43.4 Å². The minimum atomic E-state index is -4.48. The first kappa shape index (κ1) is 32.9. The third-order valence-electron chi connectivity index (χ3n) is 8.03. The standard InChI is InChI=1S/C33H37F3N4O6/c1-20-15-40(21(2)18-41)31(42)14-23-13-26(38-32(43)37-25-7-5-24(6-8-25)33(34,35)36)9-11-27(23)46-30(20)17-39(3)16-22-4-10-28-29(12-22)45-19-44-28/h4-13,20-21,30,41H,14-19H2,1-3H3,(H2,37,38,43)/t20-,21+,30-/m0/s1. The van der Waals surface area contributed by atoms with E-state index in [2.05, 4.69) is 15.5 Å². The number of rotatable bonds is 8. The van der Waals surface area contributed by atoms with Crippen LogP contribution in [0.4, 0.5) is 29.3 Å². The van der Waals surface area contributed by atoms with Crippen LogP contribution in [0.15, 0.2) is 60.7 Å². The molecule has 0 aromatic heterocycles. The Morgan fingerprint density at radius 1 is 1.02 bits per heavy atom. The number of carbonyl (C=O) groups is 2. The highest BCUT2D eigenvalue weighted by molar-refractivity contribution is 6.00. The van der Waals surface area contributed by atoms with Gasteiger partial charge in [0.15, 0.2) is 11.5 Å². The van der Waals surface area contributed by atoms with Crippen LogP contribution in [0.5, 0.6) is 17.2 Å². The van der Waals surface area contributed by atoms with Gasteiger partial charge in [0, 0.05) is 42.5 Å². The lowest BCUT2D eigenvalue weighted by Gasteiger charge is -2.34. The molecule has 3 atom stereocenters. The van der Waals surface area contributed by atoms with Crippen molar-refractivity contribution in [2.45, 2.75) is 45.1 Å². The number of benzene rings is 3. The Bertz CT molecular complexity index is 1550. The summed E-state index contributed by atoms with van der Waals surface area (Å²) >= 11 is 0. The van der Waals surface area contributed by atoms with Gasteiger partial charge in [-0.2, -0.15) is 13.2 Å². The van der Waals surface area contributed by atoms with Crippen LogP contribution >= 0.6 is 0 Å². The predicted octanol–water partition coefficient (Wildman–Crippen LogP) is 5.36. The lowest BCUT2D eigenvalue weighted by molar-refractivity contribution is -0.137. The van der Waals surface area contributed by atoms with Gasteiger partial charge in [-0.05, 0) is 74.1 Å². The molecule has 0 aliphatic carbocycles. The number of amides is 3. The number of fused-ring (bicyclic) bond motifs is 2. The van der Waals surface area contributed by atoms with Gasteiger partial charge in [0.1, 0.15) is 11.9 Å². The van der Waals surface area contributed by atoms with Gasteiger partial charge in [0.05, 0.1) is 24.6 Å². The maximum Gasteiger partial charge on any atom is 0.416 e. The van der Waals surface area contributed by atoms with E-state index in [0.29, 0.717) is 48.1 Å². The van der Waals surface area contributed by atoms with E-state index in [1.807, 2.05) is 32.2 Å². The molecule has 3 aromatic carbocycles. The molecule has 0 radical (unpaired) electrons. The maximum atomic E-state index is 13.5. The fourth-order valence-corrected chi connectivity index (χ4v) is 5.48. The highest BCUT2D eigenvalue weighted by Gasteiger charge is 2.32. The fraction of sp³-hybridized carbons (Fsp3) is 0.394. The minimum absolute atomic E-state index is 0.0256. The zero-order chi connectivity index (χ0) is 33.0. The molecule has 0 unspecified atom stereocenters. The first-order chi connectivity index (χ1) is 21.9. The van der Waals surface area contributed by atoms with E-state index in [1.165, 1.54) is 12.1 Å². The average Bonchev–Trinajstić information content (AvgIpc) is 3.48. The highest BCUT2D eigenvalue weighted by Crippen LogP contribution is 2.34. The molecule has 0 fully saturated rings. The molecule has 0 saturated heterocycles. The summed E-state index contributed by atoms with van der Waals surface area (Å²) in [5.41, 5.74) is 1.31. The van der Waals surface area contributed by atoms with Crippen molar-refractivity contribution in [3.05, 3.63) is 77.4 Å². The van der Waals surface area contributed by atoms with Crippen molar-refractivity contribution < 1.29 is 42.1 Å². The molecule has 2 heterocycles. The van der Waals surface area contributed by atoms with Gasteiger partial charge in [0.2, 0.25) is 12.7 Å². The molecule has 10 nitrogen and oxygen atoms in total. The van der Waals surface area contributed by atoms with Crippen molar-refractivity contribution in [3.63, 3.8) is 0 Å². The molecule has 46 heavy (non-hydrogen) atoms. The summed E-state index contributed by atoms with van der Waals surface area (Å²) in [4.78, 5) is 30.0. The van der Waals surface area contributed by atoms with Crippen molar-refractivity contribution in [2.75, 3.05) is 44.2 Å². The quantitative estimate of drug-likeness (QED) is 0.303. The van der Waals surface area contributed by atoms with Crippen LogP contribution < -0.4 is 24.8 Å². The number of hydrogen-bond acceptors (Lipinski definition) is 7. The largest absolute Gasteiger partial charge is 0.488 e. The Morgan fingerprint density at radius 2 is 1.70 bits per heavy atom. The van der Waals surface area contributed by atoms with Gasteiger partial charge in [-0.15, -0.1) is 0 Å². The van der Waals surface area contributed by atoms with Crippen molar-refractivity contribution >= 4 is 23.3 Å². The Morgan fingerprint density at radius 3 is 2.41 bits per heavy atom. The number of aliphatic hydroxyl groups excluding tert-OH is 1. The summed E-state index contributed by atoms with van der Waals surface area (Å²) in [6, 6.07) is 13.8. The van der Waals surface area contributed by atoms with Gasteiger partial charge in [0.25, 0.3) is 0 Å². The molecule has 0 bridgehead atoms. The summed E-state index contributed by atoms with van der Waals surface area (Å²) in [6.45, 7) is 5.31. The second kappa shape index (κ2) is 13.9. The van der Waals surface area contributed by atoms with Crippen LogP contribution in [0.1, 0.15) is 30.5 Å². The second-order valence-electron chi connectivity index (χ2n) is 11.7. The van der Waals surface area contributed by atoms with Gasteiger partial charge < -0.3 is 34.9 Å². The lowest BCUT2D eigenvalue weighted by Crippen LogP contribution is -2.47. The van der Waals surface area contributed by atoms with E-state index in [0.717, 1.165) is 17.7 Å². The normalized spacial score (nSPS) is 18.6. The smallest absolute Gasteiger partial charge is 0.416 e. The third-order valence-corrected chi connectivity index (χ3v) is 8.03. The number of halogens is 3. The molecule has 2 aliphatic rings. The van der Waals surface area contributed by atoms with Crippen molar-refractivity contribution in [1.29, 1.82) is 0 Å². The molecular formula is C33H37F3N4O6. The van der Waals surface area contributed by atoms with E-state index in [4.69, 9.17) is 14.2 Å². The number of aliphatic hydroxyl groups is 1. The number of likely N-dealkylation sites (N-methyl/N-ethyl adjacent to an activating group) is 1. The number of carbonyl (C=O) groups excluding carboxylic acids is 2. The number of anilines is 2. The Hall–Kier alpha value is -4.49. The molecule has 246 valence electrons. The zero-order valence-electron chi connectivity index (χ0n) is 25.8. The number of alkyl halides is 3. The SMILES string of the molecule is C[C@H](CO)N1C[C@H](C)[C@H](CN(C)Cc2ccc3c(c2)OCO3)Oc2ccc(NC(=O)Nc3ccc(C(F)(F)F)cc3)cc2CC1=O. The van der Waals surface area contributed by atoms with E-state index in [9.17, 15) is 27.9 Å². The van der Waals surface area contributed by atoms with Gasteiger partial charge >= 0.3 is 12.2 Å². The molecule has 0 spiro atoms. The molecular weight excluding hydrogens is 605 g/mol. The first-order valence-electron chi connectivity index (χ1n) is 14.9. The van der Waals surface area contributed by atoms with Crippen LogP contribution in [0.2, 0.25) is 0 Å². The van der Waals surface area contributed by atoms with Crippen LogP contribution in [0.25, 0.3) is 0 Å². The van der Waals surface area contributed by atoms with Crippen LogP contribution in [-0.4, -0.2) is 72.5 Å². The molecule has 2 aliphatic heterocycles. The summed E-state index contributed by atoms with van der Waals surface area (Å²) in [6.07, 6.45) is -4.84. The topological polar surface area (TPSA) is 113 Å². The van der Waals surface area contributed by atoms with Gasteiger partial charge in [-0.1, -0.05) is 13.0 Å². The maximum absolute atomic E-state index is 13.5. The Balaban J connectivity index is 1.33. The second-order valence-corrected chi connectivity index (χ2v) is 11.7. The van der Waals surface area contributed by atoms with Crippen LogP contribution in [0, 0.1) is 5.92 Å². The summed E-state index contributed by atoms with van der Waals surface area (Å²) in [5.74, 6) is 1.62. The van der Waals surface area contributed by atoms with Crippen LogP contribution in [-0.2, 0) is 23.9 Å². The van der Waals surface area contributed by atoms with E-state index < -0.39 is 23.8 Å². The first-order valence-corrected chi connectivity index (χ1v) is 14.9. The fourth-order valence-electron chi connectivity index (χ4n) is 5.48. The van der Waals surface area contributed by atoms with Gasteiger partial charge in [-0.25, -0.2) is 4.79 Å². The van der Waals surface area contributed by atoms with Crippen molar-refractivity contribution in [3.8, 4) is 17.2 Å². The molecule has 3 N–H and O–H groups in total. The Kier molecular flexibility index (Phi) is 9.92. The van der Waals surface area contributed by atoms with Crippen molar-refractivity contribution in [1.82, 2.24) is 9.80 Å². The highest BCUT2D eigenvalue weighted by atomic mass is 19.4. The molecule has 3 aromatic rings. The number of urea groups is 1. The van der Waals surface area contributed by atoms with E-state index in [1.54, 1.807) is 30.0 Å².